The minimum Gasteiger partial charge on any atom is -0.390 e. The SMILES string of the molecule is O[C@@H]1CCCC[C@@]1(C#Cc1ccccc1)NCc1ccccc1. The summed E-state index contributed by atoms with van der Waals surface area (Å²) in [5, 5.41) is 14.2. The molecule has 0 aromatic heterocycles. The molecule has 0 radical (unpaired) electrons. The van der Waals surface area contributed by atoms with Gasteiger partial charge >= 0.3 is 0 Å². The van der Waals surface area contributed by atoms with Gasteiger partial charge in [-0.25, -0.2) is 0 Å². The second-order valence-electron chi connectivity index (χ2n) is 6.19. The van der Waals surface area contributed by atoms with Crippen LogP contribution >= 0.6 is 0 Å². The molecular formula is C21H23NO. The van der Waals surface area contributed by atoms with Gasteiger partial charge in [0.15, 0.2) is 0 Å². The molecule has 1 fully saturated rings. The number of benzene rings is 2. The minimum absolute atomic E-state index is 0.420. The number of rotatable bonds is 3. The van der Waals surface area contributed by atoms with Crippen LogP contribution in [-0.4, -0.2) is 16.7 Å². The minimum atomic E-state index is -0.510. The predicted molar refractivity (Wildman–Crippen MR) is 93.8 cm³/mol. The summed E-state index contributed by atoms with van der Waals surface area (Å²) in [5.74, 6) is 6.61. The molecule has 118 valence electrons. The van der Waals surface area contributed by atoms with Crippen molar-refractivity contribution in [3.63, 3.8) is 0 Å². The van der Waals surface area contributed by atoms with E-state index in [1.807, 2.05) is 48.5 Å². The maximum Gasteiger partial charge on any atom is 0.107 e. The summed E-state index contributed by atoms with van der Waals surface area (Å²) in [6.45, 7) is 0.724. The Kier molecular flexibility index (Phi) is 5.12. The van der Waals surface area contributed by atoms with Crippen molar-refractivity contribution in [2.75, 3.05) is 0 Å². The van der Waals surface area contributed by atoms with Crippen molar-refractivity contribution in [2.24, 2.45) is 0 Å². The van der Waals surface area contributed by atoms with E-state index in [1.165, 1.54) is 5.56 Å². The Morgan fingerprint density at radius 2 is 1.70 bits per heavy atom. The molecule has 2 nitrogen and oxygen atoms in total. The fourth-order valence-electron chi connectivity index (χ4n) is 3.11. The Morgan fingerprint density at radius 3 is 2.39 bits per heavy atom. The molecule has 0 amide bonds. The fraction of sp³-hybridized carbons (Fsp3) is 0.333. The lowest BCUT2D eigenvalue weighted by atomic mass is 9.79. The summed E-state index contributed by atoms with van der Waals surface area (Å²) in [7, 11) is 0. The van der Waals surface area contributed by atoms with Gasteiger partial charge in [-0.3, -0.25) is 5.32 Å². The van der Waals surface area contributed by atoms with Gasteiger partial charge in [-0.15, -0.1) is 0 Å². The molecule has 3 rings (SSSR count). The van der Waals surface area contributed by atoms with Crippen molar-refractivity contribution in [1.82, 2.24) is 5.32 Å². The Balaban J connectivity index is 1.81. The molecule has 1 aliphatic carbocycles. The van der Waals surface area contributed by atoms with Gasteiger partial charge in [0.05, 0.1) is 6.10 Å². The summed E-state index contributed by atoms with van der Waals surface area (Å²) in [4.78, 5) is 0. The van der Waals surface area contributed by atoms with Gasteiger partial charge in [0.1, 0.15) is 5.54 Å². The second kappa shape index (κ2) is 7.46. The van der Waals surface area contributed by atoms with Gasteiger partial charge in [-0.1, -0.05) is 73.2 Å². The Bertz CT molecular complexity index is 671. The Hall–Kier alpha value is -2.08. The van der Waals surface area contributed by atoms with Gasteiger partial charge in [0.25, 0.3) is 0 Å². The van der Waals surface area contributed by atoms with Crippen LogP contribution in [0.2, 0.25) is 0 Å². The van der Waals surface area contributed by atoms with E-state index in [9.17, 15) is 5.11 Å². The molecule has 2 atom stereocenters. The van der Waals surface area contributed by atoms with E-state index in [0.717, 1.165) is 37.8 Å². The van der Waals surface area contributed by atoms with Crippen molar-refractivity contribution < 1.29 is 5.11 Å². The quantitative estimate of drug-likeness (QED) is 0.851. The number of aliphatic hydroxyl groups excluding tert-OH is 1. The summed E-state index contributed by atoms with van der Waals surface area (Å²) in [6, 6.07) is 20.3. The maximum atomic E-state index is 10.6. The average molecular weight is 305 g/mol. The molecule has 0 saturated heterocycles. The third kappa shape index (κ3) is 4.01. The Labute approximate surface area is 138 Å². The van der Waals surface area contributed by atoms with Crippen LogP contribution in [-0.2, 0) is 6.54 Å². The molecule has 23 heavy (non-hydrogen) atoms. The van der Waals surface area contributed by atoms with Gasteiger partial charge in [-0.05, 0) is 30.5 Å². The molecule has 0 spiro atoms. The number of hydrogen-bond acceptors (Lipinski definition) is 2. The van der Waals surface area contributed by atoms with Crippen LogP contribution in [0.5, 0.6) is 0 Å². The van der Waals surface area contributed by atoms with E-state index in [0.29, 0.717) is 0 Å². The zero-order valence-electron chi connectivity index (χ0n) is 13.3. The fourth-order valence-corrected chi connectivity index (χ4v) is 3.11. The molecule has 1 saturated carbocycles. The highest BCUT2D eigenvalue weighted by molar-refractivity contribution is 5.38. The van der Waals surface area contributed by atoms with Crippen LogP contribution in [0.1, 0.15) is 36.8 Å². The normalized spacial score (nSPS) is 23.8. The molecule has 0 unspecified atom stereocenters. The highest BCUT2D eigenvalue weighted by Crippen LogP contribution is 2.29. The standard InChI is InChI=1S/C21H23NO/c23-20-13-7-8-15-21(20,16-14-18-9-3-1-4-10-18)22-17-19-11-5-2-6-12-19/h1-6,9-12,20,22-23H,7-8,13,15,17H2/t20-,21+/m1/s1. The third-order valence-electron chi connectivity index (χ3n) is 4.52. The molecule has 2 aromatic rings. The predicted octanol–water partition coefficient (Wildman–Crippen LogP) is 3.50. The van der Waals surface area contributed by atoms with Crippen molar-refractivity contribution in [3.05, 3.63) is 71.8 Å². The maximum absolute atomic E-state index is 10.6. The summed E-state index contributed by atoms with van der Waals surface area (Å²) >= 11 is 0. The zero-order chi connectivity index (χ0) is 16.0. The molecule has 2 heteroatoms. The number of aliphatic hydroxyl groups is 1. The molecular weight excluding hydrogens is 282 g/mol. The van der Waals surface area contributed by atoms with Crippen LogP contribution in [0.3, 0.4) is 0 Å². The molecule has 0 heterocycles. The van der Waals surface area contributed by atoms with Gasteiger partial charge < -0.3 is 5.11 Å². The third-order valence-corrected chi connectivity index (χ3v) is 4.52. The van der Waals surface area contributed by atoms with Crippen LogP contribution in [0.15, 0.2) is 60.7 Å². The zero-order valence-corrected chi connectivity index (χ0v) is 13.3. The van der Waals surface area contributed by atoms with Crippen molar-refractivity contribution in [3.8, 4) is 11.8 Å². The van der Waals surface area contributed by atoms with E-state index >= 15 is 0 Å². The molecule has 2 aromatic carbocycles. The first-order valence-electron chi connectivity index (χ1n) is 8.34. The van der Waals surface area contributed by atoms with Crippen LogP contribution in [0, 0.1) is 11.8 Å². The van der Waals surface area contributed by atoms with Gasteiger partial charge in [0, 0.05) is 12.1 Å². The average Bonchev–Trinajstić information content (AvgIpc) is 2.62. The van der Waals surface area contributed by atoms with E-state index < -0.39 is 11.6 Å². The van der Waals surface area contributed by atoms with Crippen molar-refractivity contribution in [1.29, 1.82) is 0 Å². The smallest absolute Gasteiger partial charge is 0.107 e. The summed E-state index contributed by atoms with van der Waals surface area (Å²) < 4.78 is 0. The van der Waals surface area contributed by atoms with Gasteiger partial charge in [-0.2, -0.15) is 0 Å². The molecule has 1 aliphatic rings. The lowest BCUT2D eigenvalue weighted by Crippen LogP contribution is -2.54. The van der Waals surface area contributed by atoms with Crippen molar-refractivity contribution in [2.45, 2.75) is 43.9 Å². The monoisotopic (exact) mass is 305 g/mol. The van der Waals surface area contributed by atoms with E-state index in [-0.39, 0.29) is 0 Å². The molecule has 0 bridgehead atoms. The van der Waals surface area contributed by atoms with Crippen LogP contribution in [0.25, 0.3) is 0 Å². The first kappa shape index (κ1) is 15.8. The summed E-state index contributed by atoms with van der Waals surface area (Å²) in [5.41, 5.74) is 1.70. The molecule has 2 N–H and O–H groups in total. The lowest BCUT2D eigenvalue weighted by molar-refractivity contribution is 0.0550. The molecule has 0 aliphatic heterocycles. The van der Waals surface area contributed by atoms with E-state index in [2.05, 4.69) is 29.3 Å². The number of hydrogen-bond donors (Lipinski definition) is 2. The van der Waals surface area contributed by atoms with Crippen LogP contribution < -0.4 is 5.32 Å². The second-order valence-corrected chi connectivity index (χ2v) is 6.19. The van der Waals surface area contributed by atoms with E-state index in [1.54, 1.807) is 0 Å². The Morgan fingerprint density at radius 1 is 1.00 bits per heavy atom. The highest BCUT2D eigenvalue weighted by atomic mass is 16.3. The topological polar surface area (TPSA) is 32.3 Å². The number of nitrogens with one attached hydrogen (secondary N) is 1. The first-order valence-corrected chi connectivity index (χ1v) is 8.34. The first-order chi connectivity index (χ1) is 11.3. The van der Waals surface area contributed by atoms with Gasteiger partial charge in [0.2, 0.25) is 0 Å². The largest absolute Gasteiger partial charge is 0.390 e. The highest BCUT2D eigenvalue weighted by Gasteiger charge is 2.38. The lowest BCUT2D eigenvalue weighted by Gasteiger charge is -2.38. The van der Waals surface area contributed by atoms with Crippen molar-refractivity contribution >= 4 is 0 Å². The van der Waals surface area contributed by atoms with E-state index in [4.69, 9.17) is 0 Å². The van der Waals surface area contributed by atoms with Crippen LogP contribution in [0.4, 0.5) is 0 Å². The summed E-state index contributed by atoms with van der Waals surface area (Å²) in [6.07, 6.45) is 3.45.